The molecular weight excluding hydrogens is 214 g/mol. The van der Waals surface area contributed by atoms with Gasteiger partial charge in [-0.2, -0.15) is 5.10 Å². The molecule has 0 fully saturated rings. The maximum Gasteiger partial charge on any atom is 0.142 e. The number of methoxy groups -OCH3 is 1. The standard InChI is InChI=1S/C10H10ClN3O/c1-15-10-3-2-7(11)4-9(10)14-8-5-12-13-6-8/h2-6,14H,1H3,(H,12,13). The molecule has 0 saturated carbocycles. The molecule has 0 radical (unpaired) electrons. The van der Waals surface area contributed by atoms with Crippen molar-refractivity contribution in [2.45, 2.75) is 0 Å². The highest BCUT2D eigenvalue weighted by Gasteiger charge is 2.04. The Bertz CT molecular complexity index is 442. The second-order valence-corrected chi connectivity index (χ2v) is 3.39. The predicted octanol–water partition coefficient (Wildman–Crippen LogP) is 2.82. The van der Waals surface area contributed by atoms with Gasteiger partial charge in [0.25, 0.3) is 0 Å². The zero-order chi connectivity index (χ0) is 10.7. The van der Waals surface area contributed by atoms with Crippen molar-refractivity contribution in [1.29, 1.82) is 0 Å². The molecule has 15 heavy (non-hydrogen) atoms. The molecule has 1 aromatic heterocycles. The van der Waals surface area contributed by atoms with E-state index in [0.29, 0.717) is 5.02 Å². The molecule has 5 heteroatoms. The summed E-state index contributed by atoms with van der Waals surface area (Å²) in [5.41, 5.74) is 1.67. The van der Waals surface area contributed by atoms with E-state index >= 15 is 0 Å². The van der Waals surface area contributed by atoms with Crippen LogP contribution in [0.4, 0.5) is 11.4 Å². The zero-order valence-electron chi connectivity index (χ0n) is 8.12. The van der Waals surface area contributed by atoms with Gasteiger partial charge < -0.3 is 10.1 Å². The maximum atomic E-state index is 5.89. The number of nitrogens with one attached hydrogen (secondary N) is 2. The largest absolute Gasteiger partial charge is 0.495 e. The van der Waals surface area contributed by atoms with E-state index in [-0.39, 0.29) is 0 Å². The number of hydrogen-bond donors (Lipinski definition) is 2. The number of ether oxygens (including phenoxy) is 1. The molecule has 2 N–H and O–H groups in total. The van der Waals surface area contributed by atoms with E-state index in [4.69, 9.17) is 16.3 Å². The molecule has 0 aliphatic rings. The molecule has 0 atom stereocenters. The number of rotatable bonds is 3. The minimum Gasteiger partial charge on any atom is -0.495 e. The molecule has 0 bridgehead atoms. The summed E-state index contributed by atoms with van der Waals surface area (Å²) in [6, 6.07) is 5.39. The molecule has 2 aromatic rings. The third-order valence-electron chi connectivity index (χ3n) is 1.94. The van der Waals surface area contributed by atoms with E-state index in [2.05, 4.69) is 15.5 Å². The Labute approximate surface area is 92.2 Å². The molecule has 1 heterocycles. The maximum absolute atomic E-state index is 5.89. The number of aromatic amines is 1. The van der Waals surface area contributed by atoms with Crippen LogP contribution >= 0.6 is 11.6 Å². The summed E-state index contributed by atoms with van der Waals surface area (Å²) < 4.78 is 5.20. The van der Waals surface area contributed by atoms with Gasteiger partial charge in [-0.15, -0.1) is 0 Å². The van der Waals surface area contributed by atoms with Crippen LogP contribution in [0.3, 0.4) is 0 Å². The molecule has 0 spiro atoms. The van der Waals surface area contributed by atoms with Crippen LogP contribution in [0.5, 0.6) is 5.75 Å². The Balaban J connectivity index is 2.30. The number of H-pyrrole nitrogens is 1. The summed E-state index contributed by atoms with van der Waals surface area (Å²) in [7, 11) is 1.61. The second-order valence-electron chi connectivity index (χ2n) is 2.96. The monoisotopic (exact) mass is 223 g/mol. The lowest BCUT2D eigenvalue weighted by molar-refractivity contribution is 0.417. The topological polar surface area (TPSA) is 49.9 Å². The van der Waals surface area contributed by atoms with Crippen molar-refractivity contribution in [1.82, 2.24) is 10.2 Å². The van der Waals surface area contributed by atoms with Gasteiger partial charge in [0.15, 0.2) is 0 Å². The van der Waals surface area contributed by atoms with Crippen LogP contribution in [0, 0.1) is 0 Å². The van der Waals surface area contributed by atoms with Crippen molar-refractivity contribution in [2.24, 2.45) is 0 Å². The lowest BCUT2D eigenvalue weighted by Gasteiger charge is -2.09. The molecule has 4 nitrogen and oxygen atoms in total. The fourth-order valence-electron chi connectivity index (χ4n) is 1.25. The molecular formula is C10H10ClN3O. The number of aromatic nitrogens is 2. The van der Waals surface area contributed by atoms with E-state index in [1.807, 2.05) is 6.07 Å². The number of hydrogen-bond acceptors (Lipinski definition) is 3. The van der Waals surface area contributed by atoms with Crippen LogP contribution in [-0.2, 0) is 0 Å². The fourth-order valence-corrected chi connectivity index (χ4v) is 1.42. The Morgan fingerprint density at radius 2 is 2.33 bits per heavy atom. The highest BCUT2D eigenvalue weighted by molar-refractivity contribution is 6.31. The summed E-state index contributed by atoms with van der Waals surface area (Å²) in [4.78, 5) is 0. The molecule has 1 aromatic carbocycles. The first kappa shape index (κ1) is 9.86. The fraction of sp³-hybridized carbons (Fsp3) is 0.100. The first-order chi connectivity index (χ1) is 7.29. The van der Waals surface area contributed by atoms with Gasteiger partial charge in [-0.25, -0.2) is 0 Å². The number of benzene rings is 1. The number of halogens is 1. The predicted molar refractivity (Wildman–Crippen MR) is 59.9 cm³/mol. The summed E-state index contributed by atoms with van der Waals surface area (Å²) >= 11 is 5.89. The summed E-state index contributed by atoms with van der Waals surface area (Å²) in [6.45, 7) is 0. The van der Waals surface area contributed by atoms with E-state index < -0.39 is 0 Å². The van der Waals surface area contributed by atoms with Gasteiger partial charge in [0.2, 0.25) is 0 Å². The van der Waals surface area contributed by atoms with Gasteiger partial charge in [-0.1, -0.05) is 11.6 Å². The summed E-state index contributed by atoms with van der Waals surface area (Å²) in [5.74, 6) is 0.737. The van der Waals surface area contributed by atoms with Gasteiger partial charge >= 0.3 is 0 Å². The molecule has 0 unspecified atom stereocenters. The minimum absolute atomic E-state index is 0.654. The molecule has 0 aliphatic carbocycles. The van der Waals surface area contributed by atoms with Crippen molar-refractivity contribution in [3.63, 3.8) is 0 Å². The molecule has 0 saturated heterocycles. The van der Waals surface area contributed by atoms with Gasteiger partial charge in [0.1, 0.15) is 5.75 Å². The first-order valence-corrected chi connectivity index (χ1v) is 4.77. The lowest BCUT2D eigenvalue weighted by atomic mass is 10.3. The Morgan fingerprint density at radius 1 is 1.47 bits per heavy atom. The average molecular weight is 224 g/mol. The number of anilines is 2. The van der Waals surface area contributed by atoms with Gasteiger partial charge in [-0.05, 0) is 18.2 Å². The lowest BCUT2D eigenvalue weighted by Crippen LogP contribution is -1.93. The first-order valence-electron chi connectivity index (χ1n) is 4.39. The van der Waals surface area contributed by atoms with E-state index in [1.54, 1.807) is 31.6 Å². The SMILES string of the molecule is COc1ccc(Cl)cc1Nc1cn[nH]c1. The van der Waals surface area contributed by atoms with Gasteiger partial charge in [0.05, 0.1) is 24.7 Å². The van der Waals surface area contributed by atoms with Crippen LogP contribution < -0.4 is 10.1 Å². The molecule has 0 amide bonds. The van der Waals surface area contributed by atoms with Crippen LogP contribution in [0.15, 0.2) is 30.6 Å². The molecule has 2 rings (SSSR count). The average Bonchev–Trinajstić information content (AvgIpc) is 2.71. The van der Waals surface area contributed by atoms with E-state index in [1.165, 1.54) is 0 Å². The van der Waals surface area contributed by atoms with Crippen molar-refractivity contribution in [2.75, 3.05) is 12.4 Å². The second kappa shape index (κ2) is 4.23. The Hall–Kier alpha value is -1.68. The van der Waals surface area contributed by atoms with Crippen LogP contribution in [0.2, 0.25) is 5.02 Å². The van der Waals surface area contributed by atoms with E-state index in [9.17, 15) is 0 Å². The van der Waals surface area contributed by atoms with Crippen LogP contribution in [0.1, 0.15) is 0 Å². The minimum atomic E-state index is 0.654. The molecule has 0 aliphatic heterocycles. The van der Waals surface area contributed by atoms with Crippen molar-refractivity contribution >= 4 is 23.0 Å². The summed E-state index contributed by atoms with van der Waals surface area (Å²) in [5, 5.41) is 10.3. The van der Waals surface area contributed by atoms with E-state index in [0.717, 1.165) is 17.1 Å². The third-order valence-corrected chi connectivity index (χ3v) is 2.17. The third kappa shape index (κ3) is 2.22. The van der Waals surface area contributed by atoms with Crippen molar-refractivity contribution < 1.29 is 4.74 Å². The van der Waals surface area contributed by atoms with Crippen LogP contribution in [-0.4, -0.2) is 17.3 Å². The van der Waals surface area contributed by atoms with Crippen molar-refractivity contribution in [3.8, 4) is 5.75 Å². The smallest absolute Gasteiger partial charge is 0.142 e. The highest BCUT2D eigenvalue weighted by Crippen LogP contribution is 2.29. The van der Waals surface area contributed by atoms with Crippen LogP contribution in [0.25, 0.3) is 0 Å². The highest BCUT2D eigenvalue weighted by atomic mass is 35.5. The molecule has 78 valence electrons. The van der Waals surface area contributed by atoms with Crippen molar-refractivity contribution in [3.05, 3.63) is 35.6 Å². The quantitative estimate of drug-likeness (QED) is 0.841. The summed E-state index contributed by atoms with van der Waals surface area (Å²) in [6.07, 6.45) is 3.43. The van der Waals surface area contributed by atoms with Gasteiger partial charge in [-0.3, -0.25) is 5.10 Å². The zero-order valence-corrected chi connectivity index (χ0v) is 8.88. The normalized spacial score (nSPS) is 10.0. The Morgan fingerprint density at radius 3 is 3.00 bits per heavy atom. The Kier molecular flexibility index (Phi) is 2.78. The number of nitrogens with zero attached hydrogens (tertiary/aromatic N) is 1. The van der Waals surface area contributed by atoms with Gasteiger partial charge in [0, 0.05) is 11.2 Å².